The first-order chi connectivity index (χ1) is 6.77. The molecule has 14 heavy (non-hydrogen) atoms. The van der Waals surface area contributed by atoms with Crippen LogP contribution < -0.4 is 0 Å². The van der Waals surface area contributed by atoms with Crippen molar-refractivity contribution in [1.82, 2.24) is 0 Å². The molecule has 0 aliphatic heterocycles. The highest BCUT2D eigenvalue weighted by Crippen LogP contribution is 2.21. The monoisotopic (exact) mass is 185 g/mol. The first kappa shape index (κ1) is 10.5. The van der Waals surface area contributed by atoms with Crippen LogP contribution in [0.4, 0.5) is 5.69 Å². The van der Waals surface area contributed by atoms with Crippen LogP contribution in [0.1, 0.15) is 18.1 Å². The van der Waals surface area contributed by atoms with Crippen molar-refractivity contribution in [1.29, 1.82) is 0 Å². The first-order valence-corrected chi connectivity index (χ1v) is 4.66. The molecule has 0 aromatic heterocycles. The summed E-state index contributed by atoms with van der Waals surface area (Å²) in [7, 11) is 0. The van der Waals surface area contributed by atoms with Gasteiger partial charge in [-0.3, -0.25) is 4.99 Å². The van der Waals surface area contributed by atoms with Gasteiger partial charge in [-0.1, -0.05) is 36.4 Å². The molecule has 0 heterocycles. The van der Waals surface area contributed by atoms with Crippen LogP contribution >= 0.6 is 0 Å². The molecule has 0 saturated carbocycles. The zero-order valence-electron chi connectivity index (χ0n) is 8.70. The van der Waals surface area contributed by atoms with Gasteiger partial charge in [0.05, 0.1) is 5.69 Å². The molecule has 0 amide bonds. The Balaban J connectivity index is 3.14. The van der Waals surface area contributed by atoms with Gasteiger partial charge in [-0.15, -0.1) is 0 Å². The molecule has 0 saturated heterocycles. The topological polar surface area (TPSA) is 12.4 Å². The maximum atomic E-state index is 4.29. The third-order valence-corrected chi connectivity index (χ3v) is 1.86. The molecule has 1 rings (SSSR count). The van der Waals surface area contributed by atoms with Gasteiger partial charge in [0.1, 0.15) is 0 Å². The van der Waals surface area contributed by atoms with Gasteiger partial charge in [0, 0.05) is 11.8 Å². The number of allylic oxidation sites excluding steroid dienone is 2. The molecule has 0 unspecified atom stereocenters. The standard InChI is InChI=1S/C13H15N/c1-4-6-7-12-10-11(3)8-9-13(12)14-5-2/h4-10H,1H2,2-3H3/b7-6-,14-5+. The molecule has 0 bridgehead atoms. The number of rotatable bonds is 3. The minimum absolute atomic E-state index is 0.996. The molecule has 72 valence electrons. The fourth-order valence-corrected chi connectivity index (χ4v) is 1.24. The summed E-state index contributed by atoms with van der Waals surface area (Å²) < 4.78 is 0. The molecular formula is C13H15N. The minimum atomic E-state index is 0.996. The van der Waals surface area contributed by atoms with Crippen molar-refractivity contribution < 1.29 is 0 Å². The number of hydrogen-bond acceptors (Lipinski definition) is 1. The Kier molecular flexibility index (Phi) is 3.86. The molecule has 0 aliphatic carbocycles. The second-order valence-corrected chi connectivity index (χ2v) is 3.04. The van der Waals surface area contributed by atoms with E-state index in [0.29, 0.717) is 0 Å². The molecule has 0 spiro atoms. The Labute approximate surface area is 85.5 Å². The minimum Gasteiger partial charge on any atom is -0.261 e. The first-order valence-electron chi connectivity index (χ1n) is 4.66. The predicted molar refractivity (Wildman–Crippen MR) is 64.2 cm³/mol. The zero-order valence-corrected chi connectivity index (χ0v) is 8.70. The van der Waals surface area contributed by atoms with Gasteiger partial charge in [0.25, 0.3) is 0 Å². The number of hydrogen-bond donors (Lipinski definition) is 0. The van der Waals surface area contributed by atoms with Crippen LogP contribution in [0.3, 0.4) is 0 Å². The maximum absolute atomic E-state index is 4.29. The maximum Gasteiger partial charge on any atom is 0.0698 e. The highest BCUT2D eigenvalue weighted by atomic mass is 14.7. The SMILES string of the molecule is C=C/C=C\c1cc(C)ccc1/N=C/C. The van der Waals surface area contributed by atoms with E-state index in [1.807, 2.05) is 25.1 Å². The average Bonchev–Trinajstić information content (AvgIpc) is 2.18. The molecule has 0 fully saturated rings. The quantitative estimate of drug-likeness (QED) is 0.500. The van der Waals surface area contributed by atoms with E-state index < -0.39 is 0 Å². The van der Waals surface area contributed by atoms with Crippen LogP contribution in [0, 0.1) is 6.92 Å². The highest BCUT2D eigenvalue weighted by Gasteiger charge is 1.96. The smallest absolute Gasteiger partial charge is 0.0698 e. The van der Waals surface area contributed by atoms with Crippen molar-refractivity contribution in [3.63, 3.8) is 0 Å². The number of aryl methyl sites for hydroxylation is 1. The van der Waals surface area contributed by atoms with Crippen LogP contribution in [-0.4, -0.2) is 6.21 Å². The summed E-state index contributed by atoms with van der Waals surface area (Å²) in [6, 6.07) is 6.20. The van der Waals surface area contributed by atoms with Gasteiger partial charge in [0.15, 0.2) is 0 Å². The molecule has 0 aliphatic rings. The Bertz CT molecular complexity index is 373. The molecule has 0 radical (unpaired) electrons. The Morgan fingerprint density at radius 3 is 2.79 bits per heavy atom. The van der Waals surface area contributed by atoms with Gasteiger partial charge in [-0.2, -0.15) is 0 Å². The molecule has 1 heteroatoms. The van der Waals surface area contributed by atoms with Gasteiger partial charge in [0.2, 0.25) is 0 Å². The summed E-state index contributed by atoms with van der Waals surface area (Å²) in [6.45, 7) is 7.64. The summed E-state index contributed by atoms with van der Waals surface area (Å²) in [5.74, 6) is 0. The summed E-state index contributed by atoms with van der Waals surface area (Å²) >= 11 is 0. The zero-order chi connectivity index (χ0) is 10.4. The van der Waals surface area contributed by atoms with Crippen molar-refractivity contribution in [2.45, 2.75) is 13.8 Å². The van der Waals surface area contributed by atoms with Crippen molar-refractivity contribution in [3.8, 4) is 0 Å². The van der Waals surface area contributed by atoms with E-state index in [1.54, 1.807) is 12.3 Å². The van der Waals surface area contributed by atoms with Crippen LogP contribution in [0.5, 0.6) is 0 Å². The fraction of sp³-hybridized carbons (Fsp3) is 0.154. The van der Waals surface area contributed by atoms with Crippen LogP contribution in [0.25, 0.3) is 6.08 Å². The molecule has 1 aromatic carbocycles. The number of aliphatic imine (C=N–C) groups is 1. The van der Waals surface area contributed by atoms with Crippen molar-refractivity contribution >= 4 is 18.0 Å². The predicted octanol–water partition coefficient (Wildman–Crippen LogP) is 3.92. The lowest BCUT2D eigenvalue weighted by molar-refractivity contribution is 1.42. The molecule has 0 N–H and O–H groups in total. The highest BCUT2D eigenvalue weighted by molar-refractivity contribution is 5.70. The van der Waals surface area contributed by atoms with Gasteiger partial charge in [-0.25, -0.2) is 0 Å². The summed E-state index contributed by atoms with van der Waals surface area (Å²) in [6.07, 6.45) is 7.50. The number of benzene rings is 1. The molecule has 1 nitrogen and oxygen atoms in total. The average molecular weight is 185 g/mol. The summed E-state index contributed by atoms with van der Waals surface area (Å²) in [5, 5.41) is 0. The largest absolute Gasteiger partial charge is 0.261 e. The van der Waals surface area contributed by atoms with Crippen LogP contribution in [0.2, 0.25) is 0 Å². The molecular weight excluding hydrogens is 170 g/mol. The number of nitrogens with zero attached hydrogens (tertiary/aromatic N) is 1. The Morgan fingerprint density at radius 2 is 2.14 bits per heavy atom. The van der Waals surface area contributed by atoms with E-state index in [1.165, 1.54) is 5.56 Å². The van der Waals surface area contributed by atoms with E-state index in [0.717, 1.165) is 11.3 Å². The molecule has 0 atom stereocenters. The van der Waals surface area contributed by atoms with E-state index in [4.69, 9.17) is 0 Å². The van der Waals surface area contributed by atoms with Crippen molar-refractivity contribution in [3.05, 3.63) is 48.1 Å². The lowest BCUT2D eigenvalue weighted by atomic mass is 10.1. The Hall–Kier alpha value is -1.63. The van der Waals surface area contributed by atoms with Crippen LogP contribution in [0.15, 0.2) is 41.9 Å². The van der Waals surface area contributed by atoms with Crippen molar-refractivity contribution in [2.75, 3.05) is 0 Å². The van der Waals surface area contributed by atoms with E-state index in [2.05, 4.69) is 30.6 Å². The lowest BCUT2D eigenvalue weighted by Gasteiger charge is -2.01. The summed E-state index contributed by atoms with van der Waals surface area (Å²) in [5.41, 5.74) is 3.36. The Morgan fingerprint density at radius 1 is 1.36 bits per heavy atom. The van der Waals surface area contributed by atoms with Crippen molar-refractivity contribution in [2.24, 2.45) is 4.99 Å². The lowest BCUT2D eigenvalue weighted by Crippen LogP contribution is -1.78. The van der Waals surface area contributed by atoms with Gasteiger partial charge in [-0.05, 0) is 26.0 Å². The second-order valence-electron chi connectivity index (χ2n) is 3.04. The van der Waals surface area contributed by atoms with E-state index in [9.17, 15) is 0 Å². The second kappa shape index (κ2) is 5.18. The third-order valence-electron chi connectivity index (χ3n) is 1.86. The van der Waals surface area contributed by atoms with E-state index in [-0.39, 0.29) is 0 Å². The van der Waals surface area contributed by atoms with Gasteiger partial charge >= 0.3 is 0 Å². The van der Waals surface area contributed by atoms with Crippen LogP contribution in [-0.2, 0) is 0 Å². The molecule has 1 aromatic rings. The summed E-state index contributed by atoms with van der Waals surface area (Å²) in [4.78, 5) is 4.29. The third kappa shape index (κ3) is 2.70. The normalized spacial score (nSPS) is 11.3. The fourth-order valence-electron chi connectivity index (χ4n) is 1.24. The van der Waals surface area contributed by atoms with Gasteiger partial charge < -0.3 is 0 Å². The van der Waals surface area contributed by atoms with E-state index >= 15 is 0 Å².